The van der Waals surface area contributed by atoms with Crippen molar-refractivity contribution in [1.29, 1.82) is 0 Å². The molecule has 1 aliphatic heterocycles. The SMILES string of the molecule is Cc1cn([C@@H]2C[C@H](N=[N+]=[N-])[C@@H](CO)O2)c(=O)n(CCCCCNC(=O)C(F)(F)F)c1=O. The number of unbranched alkanes of at least 4 members (excludes halogenated alkanes) is 2. The Kier molecular flexibility index (Phi) is 8.25. The number of rotatable bonds is 9. The van der Waals surface area contributed by atoms with Crippen LogP contribution in [0.15, 0.2) is 20.9 Å². The molecule has 0 saturated carbocycles. The molecule has 0 unspecified atom stereocenters. The number of aliphatic hydroxyl groups is 1. The maximum atomic E-state index is 12.8. The van der Waals surface area contributed by atoms with E-state index in [2.05, 4.69) is 10.0 Å². The van der Waals surface area contributed by atoms with Crippen LogP contribution in [-0.4, -0.2) is 51.6 Å². The van der Waals surface area contributed by atoms with E-state index in [9.17, 15) is 32.7 Å². The fourth-order valence-electron chi connectivity index (χ4n) is 3.27. The van der Waals surface area contributed by atoms with Gasteiger partial charge in [0, 0.05) is 36.2 Å². The van der Waals surface area contributed by atoms with Gasteiger partial charge in [-0.3, -0.25) is 18.7 Å². The molecule has 0 aromatic carbocycles. The maximum Gasteiger partial charge on any atom is 0.471 e. The summed E-state index contributed by atoms with van der Waals surface area (Å²) in [5, 5.41) is 14.7. The van der Waals surface area contributed by atoms with Crippen molar-refractivity contribution in [2.45, 2.75) is 63.7 Å². The van der Waals surface area contributed by atoms with Crippen molar-refractivity contribution >= 4 is 5.91 Å². The van der Waals surface area contributed by atoms with Crippen LogP contribution in [0.5, 0.6) is 0 Å². The van der Waals surface area contributed by atoms with E-state index in [0.29, 0.717) is 12.8 Å². The Hall–Kier alpha value is -2.83. The molecule has 1 aromatic heterocycles. The number of hydrogen-bond donors (Lipinski definition) is 2. The van der Waals surface area contributed by atoms with Gasteiger partial charge >= 0.3 is 17.8 Å². The minimum atomic E-state index is -4.94. The summed E-state index contributed by atoms with van der Waals surface area (Å²) in [6, 6.07) is -0.667. The van der Waals surface area contributed by atoms with E-state index in [0.717, 1.165) is 4.57 Å². The van der Waals surface area contributed by atoms with E-state index in [1.165, 1.54) is 17.7 Å². The van der Waals surface area contributed by atoms with Crippen molar-refractivity contribution in [3.05, 3.63) is 43.0 Å². The van der Waals surface area contributed by atoms with Crippen LogP contribution in [0.4, 0.5) is 13.2 Å². The third-order valence-corrected chi connectivity index (χ3v) is 4.86. The molecule has 0 radical (unpaired) electrons. The van der Waals surface area contributed by atoms with E-state index in [1.54, 1.807) is 5.32 Å². The largest absolute Gasteiger partial charge is 0.471 e. The molecule has 14 heteroatoms. The van der Waals surface area contributed by atoms with E-state index < -0.39 is 48.3 Å². The Balaban J connectivity index is 2.03. The molecule has 3 atom stereocenters. The molecular weight excluding hydrogens is 425 g/mol. The summed E-state index contributed by atoms with van der Waals surface area (Å²) in [7, 11) is 0. The summed E-state index contributed by atoms with van der Waals surface area (Å²) in [4.78, 5) is 38.6. The van der Waals surface area contributed by atoms with Gasteiger partial charge in [-0.1, -0.05) is 5.11 Å². The number of carbonyl (C=O) groups is 1. The lowest BCUT2D eigenvalue weighted by Gasteiger charge is -2.17. The Morgan fingerprint density at radius 3 is 2.71 bits per heavy atom. The molecule has 11 nitrogen and oxygen atoms in total. The van der Waals surface area contributed by atoms with Gasteiger partial charge < -0.3 is 15.2 Å². The van der Waals surface area contributed by atoms with Gasteiger partial charge in [-0.25, -0.2) is 4.79 Å². The number of nitrogens with one attached hydrogen (secondary N) is 1. The first-order chi connectivity index (χ1) is 14.6. The standard InChI is InChI=1S/C17H23F3N6O5/c1-10-8-26(13-7-11(23-24-21)12(9-27)31-13)16(30)25(14(10)28)6-4-2-3-5-22-15(29)17(18,19)20/h8,11-13,27H,2-7,9H2,1H3,(H,22,29)/t11-,12+,13-/m0/s1. The first-order valence-electron chi connectivity index (χ1n) is 9.58. The lowest BCUT2D eigenvalue weighted by atomic mass is 10.1. The minimum absolute atomic E-state index is 0.0302. The molecule has 31 heavy (non-hydrogen) atoms. The van der Waals surface area contributed by atoms with Crippen molar-refractivity contribution in [3.8, 4) is 0 Å². The Bertz CT molecular complexity index is 953. The highest BCUT2D eigenvalue weighted by molar-refractivity contribution is 5.81. The average Bonchev–Trinajstić information content (AvgIpc) is 3.11. The zero-order chi connectivity index (χ0) is 23.2. The zero-order valence-electron chi connectivity index (χ0n) is 16.7. The molecule has 2 rings (SSSR count). The monoisotopic (exact) mass is 448 g/mol. The van der Waals surface area contributed by atoms with Gasteiger partial charge in [0.05, 0.1) is 18.8 Å². The second-order valence-electron chi connectivity index (χ2n) is 7.09. The van der Waals surface area contributed by atoms with E-state index in [1.807, 2.05) is 0 Å². The van der Waals surface area contributed by atoms with Crippen molar-refractivity contribution in [3.63, 3.8) is 0 Å². The Labute approximate surface area is 174 Å². The maximum absolute atomic E-state index is 12.8. The van der Waals surface area contributed by atoms with Crippen molar-refractivity contribution in [2.75, 3.05) is 13.2 Å². The predicted molar refractivity (Wildman–Crippen MR) is 101 cm³/mol. The summed E-state index contributed by atoms with van der Waals surface area (Å²) in [5.41, 5.74) is 7.75. The number of amides is 1. The molecule has 2 N–H and O–H groups in total. The molecule has 1 aliphatic rings. The average molecular weight is 448 g/mol. The molecule has 0 bridgehead atoms. The van der Waals surface area contributed by atoms with E-state index in [-0.39, 0.29) is 31.5 Å². The fourth-order valence-corrected chi connectivity index (χ4v) is 3.27. The summed E-state index contributed by atoms with van der Waals surface area (Å²) in [5.74, 6) is -2.01. The molecule has 0 spiro atoms. The molecule has 0 aliphatic carbocycles. The number of nitrogens with zero attached hydrogens (tertiary/aromatic N) is 5. The van der Waals surface area contributed by atoms with Gasteiger partial charge in [-0.2, -0.15) is 13.2 Å². The Morgan fingerprint density at radius 1 is 1.39 bits per heavy atom. The molecule has 1 fully saturated rings. The van der Waals surface area contributed by atoms with Crippen molar-refractivity contribution in [1.82, 2.24) is 14.5 Å². The van der Waals surface area contributed by atoms with Crippen LogP contribution in [0.25, 0.3) is 10.4 Å². The first-order valence-corrected chi connectivity index (χ1v) is 9.58. The van der Waals surface area contributed by atoms with Gasteiger partial charge in [0.25, 0.3) is 5.56 Å². The molecule has 1 saturated heterocycles. The molecule has 1 amide bonds. The highest BCUT2D eigenvalue weighted by Crippen LogP contribution is 2.29. The lowest BCUT2D eigenvalue weighted by molar-refractivity contribution is -0.173. The molecular formula is C17H23F3N6O5. The number of hydrogen-bond acceptors (Lipinski definition) is 6. The number of carbonyl (C=O) groups excluding carboxylic acids is 1. The van der Waals surface area contributed by atoms with Crippen LogP contribution in [0.2, 0.25) is 0 Å². The fraction of sp³-hybridized carbons (Fsp3) is 0.706. The first kappa shape index (κ1) is 24.4. The van der Waals surface area contributed by atoms with Crippen LogP contribution in [0.1, 0.15) is 37.5 Å². The van der Waals surface area contributed by atoms with Crippen LogP contribution in [0, 0.1) is 6.92 Å². The van der Waals surface area contributed by atoms with Crippen molar-refractivity contribution in [2.24, 2.45) is 5.11 Å². The summed E-state index contributed by atoms with van der Waals surface area (Å²) >= 11 is 0. The lowest BCUT2D eigenvalue weighted by Crippen LogP contribution is -2.42. The predicted octanol–water partition coefficient (Wildman–Crippen LogP) is 1.13. The van der Waals surface area contributed by atoms with Crippen LogP contribution in [0.3, 0.4) is 0 Å². The van der Waals surface area contributed by atoms with Gasteiger partial charge in [-0.15, -0.1) is 0 Å². The van der Waals surface area contributed by atoms with E-state index >= 15 is 0 Å². The summed E-state index contributed by atoms with van der Waals surface area (Å²) < 4.78 is 44.2. The van der Waals surface area contributed by atoms with Gasteiger partial charge in [0.1, 0.15) is 6.23 Å². The third-order valence-electron chi connectivity index (χ3n) is 4.86. The van der Waals surface area contributed by atoms with Gasteiger partial charge in [0.15, 0.2) is 0 Å². The summed E-state index contributed by atoms with van der Waals surface area (Å²) in [6.07, 6.45) is -4.11. The normalized spacial score (nSPS) is 21.0. The van der Waals surface area contributed by atoms with Crippen LogP contribution in [-0.2, 0) is 16.1 Å². The quantitative estimate of drug-likeness (QED) is 0.251. The molecule has 1 aromatic rings. The second-order valence-corrected chi connectivity index (χ2v) is 7.09. The zero-order valence-corrected chi connectivity index (χ0v) is 16.7. The number of ether oxygens (including phenoxy) is 1. The smallest absolute Gasteiger partial charge is 0.394 e. The van der Waals surface area contributed by atoms with Crippen molar-refractivity contribution < 1.29 is 27.8 Å². The highest BCUT2D eigenvalue weighted by atomic mass is 19.4. The third kappa shape index (κ3) is 6.09. The minimum Gasteiger partial charge on any atom is -0.394 e. The van der Waals surface area contributed by atoms with E-state index in [4.69, 9.17) is 10.3 Å². The van der Waals surface area contributed by atoms with Gasteiger partial charge in [-0.05, 0) is 31.7 Å². The number of azide groups is 1. The second kappa shape index (κ2) is 10.5. The highest BCUT2D eigenvalue weighted by Gasteiger charge is 2.38. The molecule has 2 heterocycles. The number of alkyl halides is 3. The number of halogens is 3. The van der Waals surface area contributed by atoms with Gasteiger partial charge in [0.2, 0.25) is 0 Å². The Morgan fingerprint density at radius 2 is 2.10 bits per heavy atom. The van der Waals surface area contributed by atoms with Crippen LogP contribution >= 0.6 is 0 Å². The topological polar surface area (TPSA) is 151 Å². The van der Waals surface area contributed by atoms with Crippen LogP contribution < -0.4 is 16.6 Å². The number of aromatic nitrogens is 2. The number of aliphatic hydroxyl groups excluding tert-OH is 1. The molecule has 172 valence electrons. The number of aryl methyl sites for hydroxylation is 1. The summed E-state index contributed by atoms with van der Waals surface area (Å²) in [6.45, 7) is 0.969.